The molecule has 0 aliphatic rings. The molecule has 1 N–H and O–H groups in total. The maximum Gasteiger partial charge on any atom is 0.328 e. The van der Waals surface area contributed by atoms with E-state index in [1.807, 2.05) is 51.1 Å². The third-order valence-corrected chi connectivity index (χ3v) is 3.97. The fourth-order valence-corrected chi connectivity index (χ4v) is 2.45. The molecule has 0 aliphatic heterocycles. The number of allylic oxidation sites excluding steroid dienone is 6. The number of carboxylic acids is 1. The van der Waals surface area contributed by atoms with Crippen molar-refractivity contribution in [1.29, 1.82) is 0 Å². The zero-order chi connectivity index (χ0) is 18.3. The van der Waals surface area contributed by atoms with Gasteiger partial charge < -0.3 is 9.84 Å². The van der Waals surface area contributed by atoms with Crippen LogP contribution in [0.1, 0.15) is 30.5 Å². The van der Waals surface area contributed by atoms with Crippen molar-refractivity contribution in [3.8, 4) is 5.75 Å². The Kier molecular flexibility index (Phi) is 7.53. The van der Waals surface area contributed by atoms with Crippen molar-refractivity contribution in [2.45, 2.75) is 27.7 Å². The summed E-state index contributed by atoms with van der Waals surface area (Å²) >= 11 is 6.34. The normalized spacial score (nSPS) is 13.1. The molecule has 0 heterocycles. The largest absolute Gasteiger partial charge is 0.496 e. The van der Waals surface area contributed by atoms with Gasteiger partial charge in [0.2, 0.25) is 0 Å². The molecule has 0 bridgehead atoms. The van der Waals surface area contributed by atoms with Crippen LogP contribution in [0.25, 0.3) is 6.08 Å². The summed E-state index contributed by atoms with van der Waals surface area (Å²) in [5.41, 5.74) is 4.82. The first-order chi connectivity index (χ1) is 11.3. The highest BCUT2D eigenvalue weighted by molar-refractivity contribution is 6.32. The quantitative estimate of drug-likeness (QED) is 0.545. The first-order valence-electron chi connectivity index (χ1n) is 7.54. The first kappa shape index (κ1) is 19.8. The molecule has 4 heteroatoms. The van der Waals surface area contributed by atoms with Crippen LogP contribution in [-0.4, -0.2) is 18.2 Å². The van der Waals surface area contributed by atoms with E-state index in [2.05, 4.69) is 0 Å². The molecule has 0 spiro atoms. The van der Waals surface area contributed by atoms with Gasteiger partial charge in [-0.3, -0.25) is 0 Å². The molecule has 0 fully saturated rings. The Hall–Kier alpha value is -2.26. The van der Waals surface area contributed by atoms with Gasteiger partial charge >= 0.3 is 5.97 Å². The van der Waals surface area contributed by atoms with Crippen molar-refractivity contribution in [1.82, 2.24) is 0 Å². The number of carbonyl (C=O) groups is 1. The average molecular weight is 347 g/mol. The summed E-state index contributed by atoms with van der Waals surface area (Å²) in [5.74, 6) is -0.164. The molecule has 0 atom stereocenters. The number of aliphatic carboxylic acids is 1. The number of halogens is 1. The lowest BCUT2D eigenvalue weighted by molar-refractivity contribution is -0.131. The number of benzene rings is 1. The molecule has 0 aliphatic carbocycles. The first-order valence-corrected chi connectivity index (χ1v) is 7.92. The minimum absolute atomic E-state index is 0.648. The number of hydrogen-bond donors (Lipinski definition) is 1. The molecule has 24 heavy (non-hydrogen) atoms. The minimum Gasteiger partial charge on any atom is -0.496 e. The molecule has 1 aromatic rings. The Bertz CT molecular complexity index is 738. The minimum atomic E-state index is -0.947. The van der Waals surface area contributed by atoms with Gasteiger partial charge in [-0.1, -0.05) is 47.6 Å². The second-order valence-electron chi connectivity index (χ2n) is 5.55. The lowest BCUT2D eigenvalue weighted by Crippen LogP contribution is -1.94. The number of rotatable bonds is 6. The monoisotopic (exact) mass is 346 g/mol. The van der Waals surface area contributed by atoms with E-state index in [4.69, 9.17) is 21.4 Å². The molecule has 0 saturated carbocycles. The van der Waals surface area contributed by atoms with E-state index in [9.17, 15) is 4.79 Å². The van der Waals surface area contributed by atoms with Gasteiger partial charge in [-0.15, -0.1) is 0 Å². The maximum atomic E-state index is 10.5. The van der Waals surface area contributed by atoms with Gasteiger partial charge in [0.1, 0.15) is 5.75 Å². The molecule has 1 rings (SSSR count). The molecule has 1 aromatic carbocycles. The lowest BCUT2D eigenvalue weighted by Gasteiger charge is -2.12. The fraction of sp³-hybridized carbons (Fsp3) is 0.250. The van der Waals surface area contributed by atoms with Crippen LogP contribution in [0.4, 0.5) is 0 Å². The van der Waals surface area contributed by atoms with E-state index in [1.165, 1.54) is 6.08 Å². The van der Waals surface area contributed by atoms with E-state index in [1.54, 1.807) is 20.1 Å². The van der Waals surface area contributed by atoms with Gasteiger partial charge in [-0.2, -0.15) is 0 Å². The Labute approximate surface area is 148 Å². The number of methoxy groups -OCH3 is 1. The van der Waals surface area contributed by atoms with E-state index >= 15 is 0 Å². The van der Waals surface area contributed by atoms with Crippen molar-refractivity contribution in [3.05, 3.63) is 69.3 Å². The molecule has 0 saturated heterocycles. The van der Waals surface area contributed by atoms with Crippen molar-refractivity contribution in [2.24, 2.45) is 0 Å². The summed E-state index contributed by atoms with van der Waals surface area (Å²) in [6.07, 6.45) is 10.6. The van der Waals surface area contributed by atoms with Crippen LogP contribution < -0.4 is 4.74 Å². The van der Waals surface area contributed by atoms with E-state index in [0.29, 0.717) is 10.6 Å². The van der Waals surface area contributed by atoms with E-state index in [-0.39, 0.29) is 0 Å². The Morgan fingerprint density at radius 3 is 2.42 bits per heavy atom. The van der Waals surface area contributed by atoms with Gasteiger partial charge in [-0.05, 0) is 56.0 Å². The van der Waals surface area contributed by atoms with Crippen LogP contribution in [0, 0.1) is 13.8 Å². The van der Waals surface area contributed by atoms with Crippen molar-refractivity contribution < 1.29 is 14.6 Å². The van der Waals surface area contributed by atoms with E-state index < -0.39 is 5.97 Å². The van der Waals surface area contributed by atoms with Crippen molar-refractivity contribution in [2.75, 3.05) is 7.11 Å². The summed E-state index contributed by atoms with van der Waals surface area (Å²) in [4.78, 5) is 10.5. The van der Waals surface area contributed by atoms with Gasteiger partial charge in [0.25, 0.3) is 0 Å². The van der Waals surface area contributed by atoms with Gasteiger partial charge in [-0.25, -0.2) is 4.79 Å². The second kappa shape index (κ2) is 9.14. The number of carboxylic acid groups (broad SMARTS) is 1. The van der Waals surface area contributed by atoms with E-state index in [0.717, 1.165) is 28.0 Å². The van der Waals surface area contributed by atoms with Crippen molar-refractivity contribution >= 4 is 23.6 Å². The highest BCUT2D eigenvalue weighted by atomic mass is 35.5. The Morgan fingerprint density at radius 2 is 1.83 bits per heavy atom. The topological polar surface area (TPSA) is 46.5 Å². The predicted molar refractivity (Wildman–Crippen MR) is 101 cm³/mol. The summed E-state index contributed by atoms with van der Waals surface area (Å²) in [5, 5.41) is 9.30. The van der Waals surface area contributed by atoms with Crippen LogP contribution in [0.5, 0.6) is 5.75 Å². The smallest absolute Gasteiger partial charge is 0.328 e. The van der Waals surface area contributed by atoms with Crippen LogP contribution in [0.2, 0.25) is 5.02 Å². The average Bonchev–Trinajstić information content (AvgIpc) is 2.50. The molecule has 0 aromatic heterocycles. The summed E-state index contributed by atoms with van der Waals surface area (Å²) in [6.45, 7) is 7.73. The molecule has 3 nitrogen and oxygen atoms in total. The zero-order valence-electron chi connectivity index (χ0n) is 14.7. The van der Waals surface area contributed by atoms with Gasteiger partial charge in [0.05, 0.1) is 12.1 Å². The Morgan fingerprint density at radius 1 is 1.17 bits per heavy atom. The number of hydrogen-bond acceptors (Lipinski definition) is 2. The SMILES string of the molecule is COc1cc(Cl)c(/C=C/C(C)=C/C=C/C(C)=C/C(=O)O)c(C)c1C. The summed E-state index contributed by atoms with van der Waals surface area (Å²) in [7, 11) is 1.63. The Balaban J connectivity index is 2.97. The maximum absolute atomic E-state index is 10.5. The van der Waals surface area contributed by atoms with Crippen LogP contribution in [-0.2, 0) is 4.79 Å². The molecule has 0 unspecified atom stereocenters. The lowest BCUT2D eigenvalue weighted by atomic mass is 10.0. The third-order valence-electron chi connectivity index (χ3n) is 3.65. The van der Waals surface area contributed by atoms with Gasteiger partial charge in [0.15, 0.2) is 0 Å². The molecule has 0 amide bonds. The summed E-state index contributed by atoms with van der Waals surface area (Å²) in [6, 6.07) is 1.82. The fourth-order valence-electron chi connectivity index (χ4n) is 2.15. The molecular formula is C20H23ClO3. The second-order valence-corrected chi connectivity index (χ2v) is 5.96. The van der Waals surface area contributed by atoms with Crippen LogP contribution >= 0.6 is 11.6 Å². The van der Waals surface area contributed by atoms with Crippen LogP contribution in [0.15, 0.2) is 47.6 Å². The summed E-state index contributed by atoms with van der Waals surface area (Å²) < 4.78 is 5.31. The third kappa shape index (κ3) is 5.74. The highest BCUT2D eigenvalue weighted by Crippen LogP contribution is 2.31. The predicted octanol–water partition coefficient (Wildman–Crippen LogP) is 5.51. The van der Waals surface area contributed by atoms with Gasteiger partial charge in [0, 0.05) is 6.08 Å². The number of ether oxygens (including phenoxy) is 1. The standard InChI is InChI=1S/C20H23ClO3/c1-13(7-6-8-14(2)11-20(22)23)9-10-17-15(3)16(4)19(24-5)12-18(17)21/h6-12H,1-5H3,(H,22,23)/b8-6+,10-9+,13-7+,14-11+. The highest BCUT2D eigenvalue weighted by Gasteiger charge is 2.09. The molecular weight excluding hydrogens is 324 g/mol. The van der Waals surface area contributed by atoms with Crippen LogP contribution in [0.3, 0.4) is 0 Å². The zero-order valence-corrected chi connectivity index (χ0v) is 15.4. The van der Waals surface area contributed by atoms with Crippen molar-refractivity contribution in [3.63, 3.8) is 0 Å². The molecule has 0 radical (unpaired) electrons. The molecule has 128 valence electrons.